The molecule has 4 aromatic heterocycles. The lowest BCUT2D eigenvalue weighted by Crippen LogP contribution is -2.33. The fraction of sp³-hybridized carbons (Fsp3) is 0.0476. The third-order valence-corrected chi connectivity index (χ3v) is 7.22. The molecule has 5 rings (SSSR count). The van der Waals surface area contributed by atoms with E-state index < -0.39 is 5.91 Å². The van der Waals surface area contributed by atoms with E-state index >= 15 is 0 Å². The van der Waals surface area contributed by atoms with Crippen LogP contribution in [0.4, 0.5) is 0 Å². The van der Waals surface area contributed by atoms with Crippen LogP contribution in [0.15, 0.2) is 63.7 Å². The number of thiazole rings is 1. The van der Waals surface area contributed by atoms with Crippen molar-refractivity contribution in [1.29, 1.82) is 0 Å². The minimum absolute atomic E-state index is 0.256. The van der Waals surface area contributed by atoms with Crippen LogP contribution >= 0.6 is 34.0 Å². The molecule has 0 unspecified atom stereocenters. The lowest BCUT2D eigenvalue weighted by Gasteiger charge is -2.06. The first kappa shape index (κ1) is 18.9. The SMILES string of the molecule is Cc1ccc(-c2nc(C(=O)Nn3cnc4scc(-c5cccs5)c4c3=O)cs2)cc1. The zero-order valence-corrected chi connectivity index (χ0v) is 18.1. The van der Waals surface area contributed by atoms with Gasteiger partial charge in [0.25, 0.3) is 11.5 Å². The number of amides is 1. The average molecular weight is 451 g/mol. The number of fused-ring (bicyclic) bond motifs is 1. The molecule has 6 nitrogen and oxygen atoms in total. The standard InChI is InChI=1S/C21H14N4O2S3/c1-12-4-6-13(7-5-12)19-23-15(10-30-19)18(26)24-25-11-22-20-17(21(25)27)14(9-29-20)16-3-2-8-28-16/h2-11H,1H3,(H,24,26). The van der Waals surface area contributed by atoms with Crippen molar-refractivity contribution in [2.24, 2.45) is 0 Å². The van der Waals surface area contributed by atoms with Crippen LogP contribution < -0.4 is 11.0 Å². The van der Waals surface area contributed by atoms with Crippen molar-refractivity contribution in [1.82, 2.24) is 14.6 Å². The van der Waals surface area contributed by atoms with Gasteiger partial charge in [-0.3, -0.25) is 15.0 Å². The fourth-order valence-electron chi connectivity index (χ4n) is 3.00. The van der Waals surface area contributed by atoms with E-state index in [1.54, 1.807) is 16.7 Å². The van der Waals surface area contributed by atoms with Gasteiger partial charge in [0.15, 0.2) is 0 Å². The smallest absolute Gasteiger partial charge is 0.267 e. The molecular formula is C21H14N4O2S3. The second-order valence-corrected chi connectivity index (χ2v) is 9.24. The van der Waals surface area contributed by atoms with Crippen LogP contribution in [0.5, 0.6) is 0 Å². The Hall–Kier alpha value is -3.14. The summed E-state index contributed by atoms with van der Waals surface area (Å²) in [6.07, 6.45) is 1.34. The topological polar surface area (TPSA) is 76.9 Å². The number of aryl methyl sites for hydroxylation is 1. The average Bonchev–Trinajstić information content (AvgIpc) is 3.50. The molecule has 1 N–H and O–H groups in total. The molecule has 0 radical (unpaired) electrons. The Morgan fingerprint density at radius 1 is 1.07 bits per heavy atom. The fourth-order valence-corrected chi connectivity index (χ4v) is 5.53. The molecule has 0 spiro atoms. The van der Waals surface area contributed by atoms with Crippen molar-refractivity contribution in [2.45, 2.75) is 6.92 Å². The predicted octanol–water partition coefficient (Wildman–Crippen LogP) is 5.00. The van der Waals surface area contributed by atoms with Gasteiger partial charge in [0.1, 0.15) is 21.9 Å². The summed E-state index contributed by atoms with van der Waals surface area (Å²) in [7, 11) is 0. The van der Waals surface area contributed by atoms with Crippen molar-refractivity contribution in [3.63, 3.8) is 0 Å². The van der Waals surface area contributed by atoms with Crippen molar-refractivity contribution in [3.8, 4) is 21.0 Å². The molecule has 0 saturated carbocycles. The number of thiophene rings is 2. The van der Waals surface area contributed by atoms with Gasteiger partial charge in [0.05, 0.1) is 5.39 Å². The van der Waals surface area contributed by atoms with E-state index in [1.165, 1.54) is 29.0 Å². The summed E-state index contributed by atoms with van der Waals surface area (Å²) in [5.41, 5.74) is 5.49. The molecule has 148 valence electrons. The molecule has 0 fully saturated rings. The van der Waals surface area contributed by atoms with Gasteiger partial charge in [-0.25, -0.2) is 14.6 Å². The lowest BCUT2D eigenvalue weighted by molar-refractivity contribution is 0.100. The second kappa shape index (κ2) is 7.60. The molecule has 0 bridgehead atoms. The van der Waals surface area contributed by atoms with Crippen LogP contribution in [0.3, 0.4) is 0 Å². The molecule has 30 heavy (non-hydrogen) atoms. The maximum Gasteiger partial charge on any atom is 0.289 e. The van der Waals surface area contributed by atoms with Crippen LogP contribution in [-0.4, -0.2) is 20.6 Å². The number of carbonyl (C=O) groups excluding carboxylic acids is 1. The van der Waals surface area contributed by atoms with Gasteiger partial charge in [0.2, 0.25) is 0 Å². The van der Waals surface area contributed by atoms with Gasteiger partial charge in [0, 0.05) is 26.8 Å². The molecule has 4 heterocycles. The maximum atomic E-state index is 13.0. The number of aromatic nitrogens is 3. The quantitative estimate of drug-likeness (QED) is 0.418. The zero-order chi connectivity index (χ0) is 20.7. The predicted molar refractivity (Wildman–Crippen MR) is 123 cm³/mol. The summed E-state index contributed by atoms with van der Waals surface area (Å²) in [5, 5.41) is 6.82. The Kier molecular flexibility index (Phi) is 4.78. The van der Waals surface area contributed by atoms with Crippen molar-refractivity contribution in [3.05, 3.63) is 80.5 Å². The van der Waals surface area contributed by atoms with Crippen LogP contribution in [0, 0.1) is 6.92 Å². The van der Waals surface area contributed by atoms with E-state index in [1.807, 2.05) is 54.1 Å². The molecular weight excluding hydrogens is 436 g/mol. The Bertz CT molecular complexity index is 1410. The number of nitrogens with zero attached hydrogens (tertiary/aromatic N) is 3. The number of hydrogen-bond acceptors (Lipinski definition) is 7. The van der Waals surface area contributed by atoms with Crippen LogP contribution in [0.1, 0.15) is 16.1 Å². The van der Waals surface area contributed by atoms with Crippen molar-refractivity contribution in [2.75, 3.05) is 5.43 Å². The summed E-state index contributed by atoms with van der Waals surface area (Å²) in [5.74, 6) is -0.458. The van der Waals surface area contributed by atoms with Gasteiger partial charge < -0.3 is 0 Å². The molecule has 0 aliphatic carbocycles. The van der Waals surface area contributed by atoms with Gasteiger partial charge in [-0.05, 0) is 18.4 Å². The number of rotatable bonds is 4. The summed E-state index contributed by atoms with van der Waals surface area (Å²) < 4.78 is 1.12. The Labute approximate surface area is 183 Å². The third kappa shape index (κ3) is 3.36. The first-order chi connectivity index (χ1) is 14.6. The molecule has 9 heteroatoms. The van der Waals surface area contributed by atoms with Gasteiger partial charge in [-0.15, -0.1) is 34.0 Å². The van der Waals surface area contributed by atoms with Gasteiger partial charge >= 0.3 is 0 Å². The highest BCUT2D eigenvalue weighted by Gasteiger charge is 2.17. The van der Waals surface area contributed by atoms with E-state index in [4.69, 9.17) is 0 Å². The highest BCUT2D eigenvalue weighted by molar-refractivity contribution is 7.18. The van der Waals surface area contributed by atoms with Crippen LogP contribution in [-0.2, 0) is 0 Å². The molecule has 0 aliphatic heterocycles. The molecule has 1 amide bonds. The van der Waals surface area contributed by atoms with E-state index in [0.29, 0.717) is 10.2 Å². The van der Waals surface area contributed by atoms with Crippen LogP contribution in [0.2, 0.25) is 0 Å². The number of hydrogen-bond donors (Lipinski definition) is 1. The monoisotopic (exact) mass is 450 g/mol. The van der Waals surface area contributed by atoms with Gasteiger partial charge in [-0.1, -0.05) is 35.9 Å². The van der Waals surface area contributed by atoms with Crippen molar-refractivity contribution < 1.29 is 4.79 Å². The molecule has 0 aliphatic rings. The summed E-state index contributed by atoms with van der Waals surface area (Å²) in [6, 6.07) is 11.9. The third-order valence-electron chi connectivity index (χ3n) is 4.54. The molecule has 0 atom stereocenters. The number of carbonyl (C=O) groups is 1. The van der Waals surface area contributed by atoms with E-state index in [-0.39, 0.29) is 11.3 Å². The van der Waals surface area contributed by atoms with E-state index in [2.05, 4.69) is 15.4 Å². The minimum atomic E-state index is -0.458. The molecule has 5 aromatic rings. The Balaban J connectivity index is 1.45. The summed E-state index contributed by atoms with van der Waals surface area (Å²) >= 11 is 4.35. The minimum Gasteiger partial charge on any atom is -0.267 e. The largest absolute Gasteiger partial charge is 0.289 e. The van der Waals surface area contributed by atoms with Crippen LogP contribution in [0.25, 0.3) is 31.2 Å². The van der Waals surface area contributed by atoms with E-state index in [0.717, 1.165) is 31.3 Å². The lowest BCUT2D eigenvalue weighted by atomic mass is 10.2. The molecule has 0 saturated heterocycles. The summed E-state index contributed by atoms with van der Waals surface area (Å²) in [4.78, 5) is 36.1. The maximum absolute atomic E-state index is 13.0. The van der Waals surface area contributed by atoms with Crippen molar-refractivity contribution >= 4 is 50.1 Å². The Morgan fingerprint density at radius 2 is 1.90 bits per heavy atom. The number of nitrogens with one attached hydrogen (secondary N) is 1. The normalized spacial score (nSPS) is 11.1. The summed E-state index contributed by atoms with van der Waals surface area (Å²) in [6.45, 7) is 2.02. The first-order valence-corrected chi connectivity index (χ1v) is 11.6. The number of benzene rings is 1. The Morgan fingerprint density at radius 3 is 2.67 bits per heavy atom. The second-order valence-electron chi connectivity index (χ2n) is 6.57. The zero-order valence-electron chi connectivity index (χ0n) is 15.7. The van der Waals surface area contributed by atoms with E-state index in [9.17, 15) is 9.59 Å². The molecule has 1 aromatic carbocycles. The highest BCUT2D eigenvalue weighted by Crippen LogP contribution is 2.33. The van der Waals surface area contributed by atoms with Gasteiger partial charge in [-0.2, -0.15) is 0 Å². The first-order valence-electron chi connectivity index (χ1n) is 8.97. The highest BCUT2D eigenvalue weighted by atomic mass is 32.1.